The number of nitrogens with zero attached hydrogens (tertiary/aromatic N) is 1. The fraction of sp³-hybridized carbons (Fsp3) is 0.667. The van der Waals surface area contributed by atoms with Gasteiger partial charge in [-0.2, -0.15) is 0 Å². The minimum absolute atomic E-state index is 0.267. The zero-order valence-corrected chi connectivity index (χ0v) is 11.0. The lowest BCUT2D eigenvalue weighted by Crippen LogP contribution is -2.45. The Morgan fingerprint density at radius 1 is 1.24 bits per heavy atom. The van der Waals surface area contributed by atoms with Gasteiger partial charge in [-0.05, 0) is 20.8 Å². The van der Waals surface area contributed by atoms with Crippen molar-refractivity contribution in [2.24, 2.45) is 0 Å². The van der Waals surface area contributed by atoms with E-state index in [-0.39, 0.29) is 12.5 Å². The molecule has 0 aromatic rings. The highest BCUT2D eigenvalue weighted by atomic mass is 16.7. The summed E-state index contributed by atoms with van der Waals surface area (Å²) in [5.41, 5.74) is 0.786. The molecule has 0 fully saturated rings. The molecule has 1 unspecified atom stereocenters. The molecule has 0 N–H and O–H groups in total. The number of esters is 1. The Labute approximate surface area is 102 Å². The van der Waals surface area contributed by atoms with E-state index in [0.717, 1.165) is 10.6 Å². The van der Waals surface area contributed by atoms with Gasteiger partial charge in [0.25, 0.3) is 0 Å². The minimum atomic E-state index is -0.759. The maximum atomic E-state index is 11.8. The summed E-state index contributed by atoms with van der Waals surface area (Å²) < 4.78 is 4.93. The molecule has 0 spiro atoms. The highest BCUT2D eigenvalue weighted by Crippen LogP contribution is 2.13. The van der Waals surface area contributed by atoms with E-state index in [9.17, 15) is 9.59 Å². The van der Waals surface area contributed by atoms with Gasteiger partial charge in [-0.25, -0.2) is 9.86 Å². The molecule has 17 heavy (non-hydrogen) atoms. The topological polar surface area (TPSA) is 55.8 Å². The summed E-state index contributed by atoms with van der Waals surface area (Å²) in [5, 5.41) is 1.06. The van der Waals surface area contributed by atoms with E-state index < -0.39 is 12.0 Å². The van der Waals surface area contributed by atoms with Crippen LogP contribution in [0.2, 0.25) is 0 Å². The average Bonchev–Trinajstić information content (AvgIpc) is 2.22. The van der Waals surface area contributed by atoms with E-state index in [1.54, 1.807) is 20.8 Å². The monoisotopic (exact) mass is 243 g/mol. The van der Waals surface area contributed by atoms with Gasteiger partial charge in [-0.3, -0.25) is 9.63 Å². The number of carbonyl (C=O) groups excluding carboxylic acids is 2. The quantitative estimate of drug-likeness (QED) is 0.388. The molecule has 1 atom stereocenters. The normalized spacial score (nSPS) is 11.8. The highest BCUT2D eigenvalue weighted by Gasteiger charge is 2.30. The Morgan fingerprint density at radius 3 is 2.18 bits per heavy atom. The number of hydrogen-bond acceptors (Lipinski definition) is 4. The maximum Gasteiger partial charge on any atom is 0.331 e. The van der Waals surface area contributed by atoms with Gasteiger partial charge in [-0.1, -0.05) is 5.57 Å². The van der Waals surface area contributed by atoms with Gasteiger partial charge >= 0.3 is 5.97 Å². The van der Waals surface area contributed by atoms with E-state index in [4.69, 9.17) is 9.57 Å². The number of hydroxylamine groups is 2. The molecule has 1 amide bonds. The summed E-state index contributed by atoms with van der Waals surface area (Å²) in [6, 6.07) is -0.759. The molecule has 0 radical (unpaired) electrons. The van der Waals surface area contributed by atoms with Crippen LogP contribution >= 0.6 is 0 Å². The van der Waals surface area contributed by atoms with Crippen molar-refractivity contribution in [1.29, 1.82) is 0 Å². The third-order valence-electron chi connectivity index (χ3n) is 1.96. The molecule has 0 saturated heterocycles. The minimum Gasteiger partial charge on any atom is -0.464 e. The molecule has 0 aliphatic rings. The highest BCUT2D eigenvalue weighted by molar-refractivity contribution is 5.82. The molecule has 98 valence electrons. The van der Waals surface area contributed by atoms with Crippen LogP contribution in [0, 0.1) is 0 Å². The third kappa shape index (κ3) is 5.49. The zero-order valence-electron chi connectivity index (χ0n) is 11.0. The van der Waals surface area contributed by atoms with Crippen molar-refractivity contribution in [2.75, 3.05) is 13.2 Å². The molecular formula is C12H21NO4. The summed E-state index contributed by atoms with van der Waals surface area (Å²) >= 11 is 0. The summed E-state index contributed by atoms with van der Waals surface area (Å²) in [6.45, 7) is 10.9. The van der Waals surface area contributed by atoms with E-state index in [0.29, 0.717) is 13.0 Å². The fourth-order valence-corrected chi connectivity index (χ4v) is 1.37. The van der Waals surface area contributed by atoms with Crippen molar-refractivity contribution in [2.45, 2.75) is 40.2 Å². The van der Waals surface area contributed by atoms with Crippen molar-refractivity contribution in [3.05, 3.63) is 12.2 Å². The number of carbonyl (C=O) groups is 2. The van der Waals surface area contributed by atoms with E-state index in [2.05, 4.69) is 6.58 Å². The van der Waals surface area contributed by atoms with Crippen molar-refractivity contribution < 1.29 is 19.2 Å². The summed E-state index contributed by atoms with van der Waals surface area (Å²) in [5.74, 6) is -0.801. The molecule has 0 bridgehead atoms. The van der Waals surface area contributed by atoms with Gasteiger partial charge in [0.05, 0.1) is 13.2 Å². The zero-order chi connectivity index (χ0) is 13.4. The predicted octanol–water partition coefficient (Wildman–Crippen LogP) is 1.68. The van der Waals surface area contributed by atoms with Crippen LogP contribution in [0.4, 0.5) is 0 Å². The Hall–Kier alpha value is -1.36. The smallest absolute Gasteiger partial charge is 0.331 e. The number of rotatable bonds is 7. The van der Waals surface area contributed by atoms with Crippen molar-refractivity contribution in [3.8, 4) is 0 Å². The van der Waals surface area contributed by atoms with Crippen LogP contribution in [0.5, 0.6) is 0 Å². The van der Waals surface area contributed by atoms with Crippen LogP contribution in [0.25, 0.3) is 0 Å². The molecule has 0 saturated carbocycles. The molecule has 5 heteroatoms. The summed E-state index contributed by atoms with van der Waals surface area (Å²) in [4.78, 5) is 28.4. The van der Waals surface area contributed by atoms with Crippen LogP contribution in [0.1, 0.15) is 34.1 Å². The lowest BCUT2D eigenvalue weighted by Gasteiger charge is -2.27. The number of amides is 1. The lowest BCUT2D eigenvalue weighted by atomic mass is 10.1. The van der Waals surface area contributed by atoms with E-state index in [1.165, 1.54) is 6.92 Å². The van der Waals surface area contributed by atoms with Crippen LogP contribution in [-0.4, -0.2) is 36.2 Å². The van der Waals surface area contributed by atoms with Crippen LogP contribution in [0.3, 0.4) is 0 Å². The number of hydrogen-bond donors (Lipinski definition) is 0. The second-order valence-corrected chi connectivity index (χ2v) is 3.69. The number of ether oxygens (including phenoxy) is 1. The van der Waals surface area contributed by atoms with E-state index >= 15 is 0 Å². The average molecular weight is 243 g/mol. The molecule has 0 heterocycles. The second kappa shape index (κ2) is 7.84. The van der Waals surface area contributed by atoms with Crippen molar-refractivity contribution >= 4 is 11.9 Å². The molecule has 0 aliphatic carbocycles. The molecule has 0 aromatic heterocycles. The Morgan fingerprint density at radius 2 is 1.82 bits per heavy atom. The van der Waals surface area contributed by atoms with Gasteiger partial charge in [0.15, 0.2) is 6.04 Å². The summed E-state index contributed by atoms with van der Waals surface area (Å²) in [7, 11) is 0. The van der Waals surface area contributed by atoms with Crippen molar-refractivity contribution in [1.82, 2.24) is 5.06 Å². The van der Waals surface area contributed by atoms with Crippen LogP contribution < -0.4 is 0 Å². The second-order valence-electron chi connectivity index (χ2n) is 3.69. The Kier molecular flexibility index (Phi) is 7.21. The molecule has 0 aliphatic heterocycles. The van der Waals surface area contributed by atoms with Gasteiger partial charge in [0.2, 0.25) is 5.91 Å². The van der Waals surface area contributed by atoms with Crippen molar-refractivity contribution in [3.63, 3.8) is 0 Å². The standard InChI is InChI=1S/C12H21NO4/c1-6-16-12(15)11(8-9(3)4)13(10(5)14)17-7-2/h11H,3,6-8H2,1-2,4-5H3. The fourth-order valence-electron chi connectivity index (χ4n) is 1.37. The molecule has 5 nitrogen and oxygen atoms in total. The molecule has 0 aromatic carbocycles. The van der Waals surface area contributed by atoms with Crippen LogP contribution in [-0.2, 0) is 19.2 Å². The Balaban J connectivity index is 4.90. The molecular weight excluding hydrogens is 222 g/mol. The third-order valence-corrected chi connectivity index (χ3v) is 1.96. The van der Waals surface area contributed by atoms with Gasteiger partial charge in [0, 0.05) is 13.3 Å². The first-order valence-electron chi connectivity index (χ1n) is 5.67. The van der Waals surface area contributed by atoms with E-state index in [1.807, 2.05) is 0 Å². The first-order valence-corrected chi connectivity index (χ1v) is 5.67. The lowest BCUT2D eigenvalue weighted by molar-refractivity contribution is -0.205. The van der Waals surface area contributed by atoms with Crippen LogP contribution in [0.15, 0.2) is 12.2 Å². The molecule has 0 rings (SSSR count). The predicted molar refractivity (Wildman–Crippen MR) is 64.0 cm³/mol. The maximum absolute atomic E-state index is 11.8. The first kappa shape index (κ1) is 15.6. The van der Waals surface area contributed by atoms with Gasteiger partial charge in [-0.15, -0.1) is 6.58 Å². The SMILES string of the molecule is C=C(C)CC(C(=O)OCC)N(OCC)C(C)=O. The first-order chi connectivity index (χ1) is 7.93. The Bertz CT molecular complexity index is 288. The summed E-state index contributed by atoms with van der Waals surface area (Å²) in [6.07, 6.45) is 0.332. The van der Waals surface area contributed by atoms with Gasteiger partial charge < -0.3 is 4.74 Å². The largest absolute Gasteiger partial charge is 0.464 e. The van der Waals surface area contributed by atoms with Gasteiger partial charge in [0.1, 0.15) is 0 Å².